The molecule has 0 N–H and O–H groups in total. The van der Waals surface area contributed by atoms with E-state index in [1.165, 1.54) is 20.8 Å². The van der Waals surface area contributed by atoms with Crippen molar-refractivity contribution in [3.63, 3.8) is 0 Å². The van der Waals surface area contributed by atoms with Crippen LogP contribution >= 0.6 is 22.7 Å². The molecule has 0 atom stereocenters. The summed E-state index contributed by atoms with van der Waals surface area (Å²) >= 11 is 1.49. The highest BCUT2D eigenvalue weighted by Gasteiger charge is 2.26. The molecule has 0 saturated carbocycles. The fraction of sp³-hybridized carbons (Fsp3) is 0.0213. The van der Waals surface area contributed by atoms with Gasteiger partial charge in [-0.25, -0.2) is 0 Å². The Morgan fingerprint density at radius 2 is 0.420 bits per heavy atom. The van der Waals surface area contributed by atoms with Crippen molar-refractivity contribution in [1.29, 1.82) is 0 Å². The number of hydrogen-bond acceptors (Lipinski definition) is 2. The Kier molecular flexibility index (Phi) is 8.61. The second-order valence-electron chi connectivity index (χ2n) is 33.3. The molecule has 9 heteroatoms. The highest BCUT2D eigenvalue weighted by atomic mass is 32.1. The largest absolute Gasteiger partial charge is 0.309 e. The van der Waals surface area contributed by atoms with Crippen molar-refractivity contribution in [2.75, 3.05) is 0 Å². The van der Waals surface area contributed by atoms with E-state index in [2.05, 4.69) is 0 Å². The van der Waals surface area contributed by atoms with Crippen LogP contribution in [0.15, 0.2) is 508 Å². The maximum atomic E-state index is 10.0. The zero-order valence-electron chi connectivity index (χ0n) is 160. The summed E-state index contributed by atoms with van der Waals surface area (Å²) in [6.07, 6.45) is 0. The zero-order valence-corrected chi connectivity index (χ0v) is 77.6. The Labute approximate surface area is 990 Å². The third-order valence-electron chi connectivity index (χ3n) is 24.8. The van der Waals surface area contributed by atoms with Gasteiger partial charge in [-0.15, -0.1) is 22.7 Å². The summed E-state index contributed by atoms with van der Waals surface area (Å²) in [5, 5.41) is -8.00. The third kappa shape index (κ3) is 13.8. The van der Waals surface area contributed by atoms with E-state index in [1.54, 1.807) is 0 Å². The zero-order chi connectivity index (χ0) is 172. The summed E-state index contributed by atoms with van der Waals surface area (Å²) in [5.74, 6) is 0. The number of rotatable bonds is 11. The molecule has 0 spiro atoms. The molecule has 23 aromatic carbocycles. The molecule has 0 fully saturated rings. The maximum Gasteiger partial charge on any atom is 0.0652 e. The first-order valence-electron chi connectivity index (χ1n) is 86.8. The van der Waals surface area contributed by atoms with Gasteiger partial charge in [-0.2, -0.15) is 0 Å². The number of fused-ring (bicyclic) bond motifs is 27. The van der Waals surface area contributed by atoms with Gasteiger partial charge in [-0.3, -0.25) is 0 Å². The lowest BCUT2D eigenvalue weighted by molar-refractivity contribution is 1.16. The number of thiophene rings is 2. The van der Waals surface area contributed by atoms with Crippen molar-refractivity contribution in [3.05, 3.63) is 524 Å². The van der Waals surface area contributed by atoms with Crippen molar-refractivity contribution in [2.45, 2.75) is 20.8 Å². The molecule has 32 rings (SSSR count). The molecular formula is C141H93N7S2. The van der Waals surface area contributed by atoms with Crippen LogP contribution in [0.5, 0.6) is 0 Å². The fourth-order valence-corrected chi connectivity index (χ4v) is 20.8. The minimum Gasteiger partial charge on any atom is -0.309 e. The first-order valence-corrected chi connectivity index (χ1v) is 46.4. The fourth-order valence-electron chi connectivity index (χ4n) is 18.5. The van der Waals surface area contributed by atoms with Gasteiger partial charge in [0.15, 0.2) is 0 Å². The molecule has 9 aromatic heterocycles. The van der Waals surface area contributed by atoms with Crippen molar-refractivity contribution < 1.29 is 115 Å². The lowest BCUT2D eigenvalue weighted by Gasteiger charge is -2.12. The minimum atomic E-state index is -1.09. The smallest absolute Gasteiger partial charge is 0.0652 e. The third-order valence-corrected chi connectivity index (χ3v) is 27.1. The van der Waals surface area contributed by atoms with Crippen molar-refractivity contribution >= 4 is 216 Å². The quantitative estimate of drug-likeness (QED) is 0.124. The molecule has 0 amide bonds. The van der Waals surface area contributed by atoms with Gasteiger partial charge in [-0.1, -0.05) is 301 Å². The van der Waals surface area contributed by atoms with Gasteiger partial charge in [0.2, 0.25) is 0 Å². The number of hydrogen-bond donors (Lipinski definition) is 0. The van der Waals surface area contributed by atoms with E-state index in [4.69, 9.17) is 68.5 Å². The second kappa shape index (κ2) is 34.7. The molecule has 704 valence electrons. The lowest BCUT2D eigenvalue weighted by Crippen LogP contribution is -1.96. The molecule has 32 aromatic rings. The average Bonchev–Trinajstić information content (AvgIpc) is 1.52. The van der Waals surface area contributed by atoms with Crippen LogP contribution in [0, 0.1) is 20.8 Å². The predicted molar refractivity (Wildman–Crippen MR) is 641 cm³/mol. The number of benzene rings is 23. The molecule has 0 bridgehead atoms. The van der Waals surface area contributed by atoms with E-state index in [9.17, 15) is 46.6 Å². The number of nitrogens with zero attached hydrogens (tertiary/aromatic N) is 7. The van der Waals surface area contributed by atoms with Crippen LogP contribution in [0.1, 0.15) is 132 Å². The maximum absolute atomic E-state index is 10.0. The van der Waals surface area contributed by atoms with Gasteiger partial charge >= 0.3 is 0 Å². The van der Waals surface area contributed by atoms with E-state index < -0.39 is 709 Å². The normalized spacial score (nSPS) is 19.8. The molecule has 150 heavy (non-hydrogen) atoms. The predicted octanol–water partition coefficient (Wildman–Crippen LogP) is 39.1. The average molecular weight is 2030 g/mol. The minimum absolute atomic E-state index is 0.00741. The summed E-state index contributed by atoms with van der Waals surface area (Å²) in [6, 6.07) is -70.6. The Morgan fingerprint density at radius 3 is 0.873 bits per heavy atom. The van der Waals surface area contributed by atoms with Crippen LogP contribution < -0.4 is 0 Å². The lowest BCUT2D eigenvalue weighted by atomic mass is 9.97. The molecule has 0 saturated heterocycles. The van der Waals surface area contributed by atoms with E-state index in [0.29, 0.717) is 4.57 Å². The van der Waals surface area contributed by atoms with Crippen LogP contribution in [-0.4, -0.2) is 32.0 Å². The van der Waals surface area contributed by atoms with Crippen molar-refractivity contribution in [2.24, 2.45) is 0 Å². The molecule has 0 unspecified atom stereocenters. The van der Waals surface area contributed by atoms with Gasteiger partial charge in [0.1, 0.15) is 0 Å². The monoisotopic (exact) mass is 2030 g/mol. The summed E-state index contributed by atoms with van der Waals surface area (Å²) < 4.78 is 766. The Bertz CT molecular complexity index is 16700. The van der Waals surface area contributed by atoms with E-state index in [0.717, 1.165) is 50.1 Å². The van der Waals surface area contributed by atoms with E-state index >= 15 is 0 Å². The van der Waals surface area contributed by atoms with Gasteiger partial charge in [-0.05, 0) is 288 Å². The Morgan fingerprint density at radius 1 is 0.147 bits per heavy atom. The summed E-state index contributed by atoms with van der Waals surface area (Å²) in [5.41, 5.74) is -19.4. The standard InChI is InChI=1S/C49H33N3.C49H32N2S.C43H28N2S/c1-32-20-24-46-40(28-32)43-31-37(23-27-49(43)51(46)36-14-6-3-7-15-36)52-45-19-11-9-17-39(45)42-30-34(22-26-48(42)52)33-21-25-47-41(29-33)38-16-8-10-18-44(38)50(47)35-12-4-2-5-13-35;1-31-23-25-41-42-19-10-18-37(49(42)52-48(41)27-31)34-13-8-11-32(28-34)33-12-9-14-35(29-33)50-46-22-7-4-17-40(46)43-30-36(24-26-47(43)50)51-44-20-5-2-15-38(44)39-16-3-6-21-45(39)51;1-27-18-23-42-36(24-27)33-14-9-17-41(43(33)46-42)45-38-16-8-6-13-32(38)35-26-29(20-22-40(35)45)28-19-21-39-34(25-28)31-12-5-7-15-37(31)44(39)30-10-3-2-4-11-30/h2-31H,1H3;2-30H,1H3;2-26H,1H3/i2D,3D,4D,5D,6D,7D,8D,9D,10D,11D,12D,13D,14D,15D,16D,17D,18D,19D,20D,21D,22D,23D,24D,25D,26D,27D,28D,29D,30D,31D;2D,3D,4D,5D,6D,7D,8D,9D,10D,11D,12D,13D,14D,15D,16D,17D,18D,19D,20D,21D,22D,23D,24D,25D,26D,27D,28D,29D,30D;2D,3D,4D,5D,6D,7D,8D,9D,10D,11D,12D,13D,14D,15D,16D,17D,18D,19D,20D,21D,22D,23D,24D,25D,26D. The second-order valence-corrected chi connectivity index (χ2v) is 35.4. The molecule has 0 aliphatic rings. The van der Waals surface area contributed by atoms with E-state index in [-0.39, 0.29) is 92.9 Å². The van der Waals surface area contributed by atoms with Gasteiger partial charge < -0.3 is 32.0 Å². The molecule has 0 aliphatic carbocycles. The van der Waals surface area contributed by atoms with Crippen LogP contribution in [0.4, 0.5) is 0 Å². The SMILES string of the molecule is [2H]c1c([2H])c(-c2c([2H])c([2H])c([2H])c(-n3c4c([2H])c([2H])c([2H])c([2H])c4c4c([2H])c(-n5c6c([2H])c([2H])c([2H])c([2H])c6c6c([2H])c([2H])c([2H])c([2H])c65)c([2H])c([2H])c43)c2[2H])c([2H])c(-c2c([2H])c([2H])c([2H])c3c2sc2c([2H])c(C)c([2H])c([2H])c23)c1[2H].[2H]c1c([2H])c([2H])c(-n2c3c([2H])c([2H])c([2H])c([2H])c3c3c([2H])c(-c4c([2H])c([2H])c5c(c4[2H])c4c([2H])c([2H])c([2H])c([2H])c4n5-c4c([2H])c([2H])c([2H])c5c4sc4c([2H])c([2H])c(C)c([2H])c45)c([2H])c([2H])c32)c([2H])c1[2H].[2H]c1c([2H])c([2H])c(-n2c3c([2H])c([2H])c([2H])c([2H])c3c3c([2H])c(-c4c([2H])c([2H])c5c(c4[2H])c4c([2H])c([2H])c([2H])c([2H])c4n5-c4c([2H])c([2H])c5c(c4[2H])c4c([2H])c(C)c([2H])c([2H])c4n5-c4c([2H])c([2H])c([2H])c([2H])c4[2H])c([2H])c([2H])c32)c([2H])c1[2H]. The first-order chi connectivity index (χ1) is 109. The van der Waals surface area contributed by atoms with Crippen molar-refractivity contribution in [3.8, 4) is 84.3 Å². The molecular weight excluding hydrogens is 1860 g/mol. The topological polar surface area (TPSA) is 34.5 Å². The highest BCUT2D eigenvalue weighted by Crippen LogP contribution is 2.49. The molecule has 0 radical (unpaired) electrons. The summed E-state index contributed by atoms with van der Waals surface area (Å²) in [6.45, 7) is 4.15. The number of aromatic nitrogens is 7. The van der Waals surface area contributed by atoms with Gasteiger partial charge in [0.05, 0.1) is 203 Å². The van der Waals surface area contributed by atoms with Crippen LogP contribution in [-0.2, 0) is 0 Å². The van der Waals surface area contributed by atoms with Gasteiger partial charge in [0.25, 0.3) is 0 Å². The van der Waals surface area contributed by atoms with Crippen LogP contribution in [0.3, 0.4) is 0 Å². The summed E-state index contributed by atoms with van der Waals surface area (Å²) in [7, 11) is 0. The van der Waals surface area contributed by atoms with Gasteiger partial charge in [0, 0.05) is 145 Å². The van der Waals surface area contributed by atoms with E-state index in [1.807, 2.05) is 0 Å². The Hall–Kier alpha value is -18.9. The summed E-state index contributed by atoms with van der Waals surface area (Å²) in [4.78, 5) is 0. The molecule has 0 aliphatic heterocycles. The van der Waals surface area contributed by atoms with Crippen LogP contribution in [0.25, 0.3) is 277 Å². The molecule has 9 heterocycles. The highest BCUT2D eigenvalue weighted by molar-refractivity contribution is 7.26. The van der Waals surface area contributed by atoms with Crippen LogP contribution in [0.2, 0.25) is 0 Å². The molecule has 7 nitrogen and oxygen atoms in total. The number of para-hydroxylation sites is 10. The first kappa shape index (κ1) is 37.2. The Balaban J connectivity index is 0.000000143. The van der Waals surface area contributed by atoms with Crippen molar-refractivity contribution in [1.82, 2.24) is 32.0 Å².